The van der Waals surface area contributed by atoms with Gasteiger partial charge in [0.2, 0.25) is 5.91 Å². The highest BCUT2D eigenvalue weighted by atomic mass is 32.2. The van der Waals surface area contributed by atoms with Crippen LogP contribution in [0.2, 0.25) is 0 Å². The minimum absolute atomic E-state index is 0.185. The lowest BCUT2D eigenvalue weighted by Gasteiger charge is -2.12. The number of thioether (sulfide) groups is 1. The summed E-state index contributed by atoms with van der Waals surface area (Å²) in [6.45, 7) is 3.98. The van der Waals surface area contributed by atoms with E-state index in [1.54, 1.807) is 11.8 Å². The fourth-order valence-corrected chi connectivity index (χ4v) is 1.82. The van der Waals surface area contributed by atoms with Gasteiger partial charge in [0.05, 0.1) is 0 Å². The second-order valence-electron chi connectivity index (χ2n) is 3.85. The Morgan fingerprint density at radius 2 is 2.50 bits per heavy atom. The number of amides is 1. The van der Waals surface area contributed by atoms with Gasteiger partial charge in [0.15, 0.2) is 0 Å². The first kappa shape index (κ1) is 11.9. The summed E-state index contributed by atoms with van der Waals surface area (Å²) in [5.41, 5.74) is 0. The van der Waals surface area contributed by atoms with Crippen molar-refractivity contribution in [2.75, 3.05) is 19.3 Å². The highest BCUT2D eigenvalue weighted by molar-refractivity contribution is 7.99. The smallest absolute Gasteiger partial charge is 0.221 e. The Bertz CT molecular complexity index is 181. The number of carbonyl (C=O) groups excluding carboxylic acids is 1. The molecule has 0 radical (unpaired) electrons. The van der Waals surface area contributed by atoms with Gasteiger partial charge in [-0.2, -0.15) is 11.8 Å². The summed E-state index contributed by atoms with van der Waals surface area (Å²) in [5, 5.41) is 6.79. The van der Waals surface area contributed by atoms with Crippen molar-refractivity contribution in [3.63, 3.8) is 0 Å². The van der Waals surface area contributed by atoms with Crippen LogP contribution in [0.3, 0.4) is 0 Å². The van der Waals surface area contributed by atoms with Crippen LogP contribution in [0.25, 0.3) is 0 Å². The van der Waals surface area contributed by atoms with Gasteiger partial charge in [-0.25, -0.2) is 0 Å². The molecule has 0 spiro atoms. The molecular formula is C10H20N2OS. The predicted molar refractivity (Wildman–Crippen MR) is 61.6 cm³/mol. The number of carbonyl (C=O) groups is 1. The van der Waals surface area contributed by atoms with Crippen LogP contribution in [0, 0.1) is 0 Å². The molecule has 0 aromatic carbocycles. The van der Waals surface area contributed by atoms with Gasteiger partial charge in [-0.3, -0.25) is 4.79 Å². The molecular weight excluding hydrogens is 196 g/mol. The largest absolute Gasteiger partial charge is 0.355 e. The first-order chi connectivity index (χ1) is 6.72. The highest BCUT2D eigenvalue weighted by Crippen LogP contribution is 2.08. The molecule has 82 valence electrons. The van der Waals surface area contributed by atoms with Gasteiger partial charge in [0, 0.05) is 24.3 Å². The fraction of sp³-hybridized carbons (Fsp3) is 0.900. The van der Waals surface area contributed by atoms with Gasteiger partial charge in [-0.15, -0.1) is 0 Å². The quantitative estimate of drug-likeness (QED) is 0.720. The van der Waals surface area contributed by atoms with Crippen LogP contribution in [0.5, 0.6) is 0 Å². The van der Waals surface area contributed by atoms with E-state index in [4.69, 9.17) is 0 Å². The third kappa shape index (κ3) is 4.33. The molecule has 1 heterocycles. The van der Waals surface area contributed by atoms with Gasteiger partial charge < -0.3 is 10.6 Å². The van der Waals surface area contributed by atoms with Crippen molar-refractivity contribution in [3.8, 4) is 0 Å². The van der Waals surface area contributed by atoms with Gasteiger partial charge in [-0.05, 0) is 25.6 Å². The maximum Gasteiger partial charge on any atom is 0.221 e. The molecule has 0 aliphatic carbocycles. The molecule has 2 N–H and O–H groups in total. The molecule has 1 fully saturated rings. The first-order valence-electron chi connectivity index (χ1n) is 5.25. The Balaban J connectivity index is 2.09. The topological polar surface area (TPSA) is 41.1 Å². The summed E-state index contributed by atoms with van der Waals surface area (Å²) in [4.78, 5) is 11.5. The van der Waals surface area contributed by atoms with Gasteiger partial charge in [-0.1, -0.05) is 6.92 Å². The van der Waals surface area contributed by atoms with Crippen molar-refractivity contribution in [1.82, 2.24) is 10.6 Å². The lowest BCUT2D eigenvalue weighted by atomic mass is 10.1. The Hall–Kier alpha value is -0.220. The van der Waals surface area contributed by atoms with Crippen molar-refractivity contribution in [1.29, 1.82) is 0 Å². The van der Waals surface area contributed by atoms with Crippen LogP contribution in [0.1, 0.15) is 26.2 Å². The van der Waals surface area contributed by atoms with E-state index in [1.807, 2.05) is 0 Å². The Morgan fingerprint density at radius 1 is 1.71 bits per heavy atom. The molecule has 14 heavy (non-hydrogen) atoms. The van der Waals surface area contributed by atoms with Crippen LogP contribution in [0.4, 0.5) is 0 Å². The van der Waals surface area contributed by atoms with Crippen molar-refractivity contribution < 1.29 is 4.79 Å². The van der Waals surface area contributed by atoms with Crippen molar-refractivity contribution >= 4 is 17.7 Å². The van der Waals surface area contributed by atoms with E-state index in [1.165, 1.54) is 6.42 Å². The molecule has 2 atom stereocenters. The summed E-state index contributed by atoms with van der Waals surface area (Å²) >= 11 is 1.78. The number of nitrogens with one attached hydrogen (secondary N) is 2. The molecule has 0 aromatic rings. The minimum atomic E-state index is 0.185. The van der Waals surface area contributed by atoms with Gasteiger partial charge >= 0.3 is 0 Å². The number of hydrogen-bond donors (Lipinski definition) is 2. The van der Waals surface area contributed by atoms with Crippen molar-refractivity contribution in [2.24, 2.45) is 0 Å². The SMILES string of the molecule is CS[C@@H](C)CNC(=O)C[C@@H]1CCCN1. The number of rotatable bonds is 5. The average molecular weight is 216 g/mol. The lowest BCUT2D eigenvalue weighted by Crippen LogP contribution is -2.34. The normalized spacial score (nSPS) is 23.4. The standard InChI is InChI=1S/C10H20N2OS/c1-8(14-2)7-12-10(13)6-9-4-3-5-11-9/h8-9,11H,3-7H2,1-2H3,(H,12,13)/t8-,9-/m0/s1. The third-order valence-corrected chi connectivity index (χ3v) is 3.55. The van der Waals surface area contributed by atoms with Crippen LogP contribution < -0.4 is 10.6 Å². The third-order valence-electron chi connectivity index (χ3n) is 2.58. The zero-order valence-electron chi connectivity index (χ0n) is 9.01. The van der Waals surface area contributed by atoms with E-state index >= 15 is 0 Å². The second-order valence-corrected chi connectivity index (χ2v) is 5.12. The van der Waals surface area contributed by atoms with Crippen molar-refractivity contribution in [2.45, 2.75) is 37.5 Å². The molecule has 4 heteroatoms. The van der Waals surface area contributed by atoms with E-state index in [-0.39, 0.29) is 5.91 Å². The van der Waals surface area contributed by atoms with E-state index < -0.39 is 0 Å². The second kappa shape index (κ2) is 6.30. The molecule has 3 nitrogen and oxygen atoms in total. The van der Waals surface area contributed by atoms with Gasteiger partial charge in [0.25, 0.3) is 0 Å². The molecule has 0 unspecified atom stereocenters. The minimum Gasteiger partial charge on any atom is -0.355 e. The van der Waals surface area contributed by atoms with E-state index in [9.17, 15) is 4.79 Å². The Labute approximate surface area is 90.4 Å². The molecule has 1 amide bonds. The van der Waals surface area contributed by atoms with Gasteiger partial charge in [0.1, 0.15) is 0 Å². The zero-order valence-corrected chi connectivity index (χ0v) is 9.82. The van der Waals surface area contributed by atoms with Crippen LogP contribution in [0.15, 0.2) is 0 Å². The van der Waals surface area contributed by atoms with E-state index in [0.29, 0.717) is 17.7 Å². The van der Waals surface area contributed by atoms with Crippen LogP contribution in [-0.4, -0.2) is 36.5 Å². The maximum atomic E-state index is 11.5. The highest BCUT2D eigenvalue weighted by Gasteiger charge is 2.17. The molecule has 0 bridgehead atoms. The van der Waals surface area contributed by atoms with Crippen LogP contribution in [-0.2, 0) is 4.79 Å². The van der Waals surface area contributed by atoms with E-state index in [2.05, 4.69) is 23.8 Å². The molecule has 1 aliphatic heterocycles. The summed E-state index contributed by atoms with van der Waals surface area (Å²) in [6.07, 6.45) is 5.06. The molecule has 1 aliphatic rings. The average Bonchev–Trinajstić information content (AvgIpc) is 2.66. The fourth-order valence-electron chi connectivity index (χ4n) is 1.57. The lowest BCUT2D eigenvalue weighted by molar-refractivity contribution is -0.121. The first-order valence-corrected chi connectivity index (χ1v) is 6.54. The summed E-state index contributed by atoms with van der Waals surface area (Å²) in [6, 6.07) is 0.416. The van der Waals surface area contributed by atoms with E-state index in [0.717, 1.165) is 19.5 Å². The molecule has 1 saturated heterocycles. The van der Waals surface area contributed by atoms with Crippen LogP contribution >= 0.6 is 11.8 Å². The maximum absolute atomic E-state index is 11.5. The molecule has 0 aromatic heterocycles. The molecule has 0 saturated carbocycles. The number of hydrogen-bond acceptors (Lipinski definition) is 3. The molecule has 1 rings (SSSR count). The monoisotopic (exact) mass is 216 g/mol. The Morgan fingerprint density at radius 3 is 3.07 bits per heavy atom. The predicted octanol–water partition coefficient (Wildman–Crippen LogP) is 0.996. The summed E-state index contributed by atoms with van der Waals surface area (Å²) < 4.78 is 0. The Kier molecular flexibility index (Phi) is 5.33. The summed E-state index contributed by atoms with van der Waals surface area (Å²) in [5.74, 6) is 0.185. The van der Waals surface area contributed by atoms with Crippen molar-refractivity contribution in [3.05, 3.63) is 0 Å². The zero-order chi connectivity index (χ0) is 10.4. The summed E-state index contributed by atoms with van der Waals surface area (Å²) in [7, 11) is 0.